The predicted molar refractivity (Wildman–Crippen MR) is 72.5 cm³/mol. The summed E-state index contributed by atoms with van der Waals surface area (Å²) in [6.07, 6.45) is 1.34. The third-order valence-corrected chi connectivity index (χ3v) is 4.07. The molecule has 2 heterocycles. The highest BCUT2D eigenvalue weighted by atomic mass is 15.3. The van der Waals surface area contributed by atoms with Crippen molar-refractivity contribution in [2.45, 2.75) is 13.3 Å². The van der Waals surface area contributed by atoms with Crippen molar-refractivity contribution in [1.82, 2.24) is 20.0 Å². The van der Waals surface area contributed by atoms with Crippen molar-refractivity contribution in [2.75, 3.05) is 72.0 Å². The van der Waals surface area contributed by atoms with Gasteiger partial charge in [0, 0.05) is 52.4 Å². The van der Waals surface area contributed by atoms with E-state index in [9.17, 15) is 0 Å². The van der Waals surface area contributed by atoms with Crippen molar-refractivity contribution in [3.63, 3.8) is 0 Å². The summed E-state index contributed by atoms with van der Waals surface area (Å²) in [6.45, 7) is 16.0. The predicted octanol–water partition coefficient (Wildman–Crippen LogP) is -0.0808. The molecule has 0 aromatic rings. The van der Waals surface area contributed by atoms with E-state index >= 15 is 0 Å². The molecule has 4 nitrogen and oxygen atoms in total. The van der Waals surface area contributed by atoms with Gasteiger partial charge in [-0.25, -0.2) is 0 Å². The zero-order valence-corrected chi connectivity index (χ0v) is 11.3. The summed E-state index contributed by atoms with van der Waals surface area (Å²) in [7, 11) is 0. The van der Waals surface area contributed by atoms with Crippen LogP contribution < -0.4 is 5.32 Å². The molecule has 17 heavy (non-hydrogen) atoms. The van der Waals surface area contributed by atoms with Crippen molar-refractivity contribution >= 4 is 0 Å². The molecule has 4 heteroatoms. The van der Waals surface area contributed by atoms with Crippen LogP contribution in [0.5, 0.6) is 0 Å². The molecule has 0 aromatic heterocycles. The van der Waals surface area contributed by atoms with E-state index in [2.05, 4.69) is 26.9 Å². The first-order valence-electron chi connectivity index (χ1n) is 7.26. The molecular weight excluding hydrogens is 212 g/mol. The molecule has 2 aliphatic heterocycles. The van der Waals surface area contributed by atoms with Gasteiger partial charge in [0.1, 0.15) is 0 Å². The molecule has 1 N–H and O–H groups in total. The highest BCUT2D eigenvalue weighted by Gasteiger charge is 2.15. The van der Waals surface area contributed by atoms with Gasteiger partial charge < -0.3 is 20.0 Å². The van der Waals surface area contributed by atoms with Gasteiger partial charge >= 0.3 is 0 Å². The van der Waals surface area contributed by atoms with Gasteiger partial charge in [0.15, 0.2) is 0 Å². The Balaban J connectivity index is 1.53. The van der Waals surface area contributed by atoms with Gasteiger partial charge in [-0.05, 0) is 26.1 Å². The van der Waals surface area contributed by atoms with Crippen molar-refractivity contribution in [2.24, 2.45) is 0 Å². The first-order valence-corrected chi connectivity index (χ1v) is 7.26. The largest absolute Gasteiger partial charge is 0.314 e. The third kappa shape index (κ3) is 4.54. The summed E-state index contributed by atoms with van der Waals surface area (Å²) >= 11 is 0. The van der Waals surface area contributed by atoms with Crippen molar-refractivity contribution < 1.29 is 0 Å². The van der Waals surface area contributed by atoms with Crippen molar-refractivity contribution in [3.05, 3.63) is 0 Å². The zero-order valence-electron chi connectivity index (χ0n) is 11.3. The van der Waals surface area contributed by atoms with E-state index in [1.165, 1.54) is 78.4 Å². The summed E-state index contributed by atoms with van der Waals surface area (Å²) in [5, 5.41) is 3.41. The SMILES string of the molecule is CCN1CCN(CCCN2CCNCC2)CC1. The van der Waals surface area contributed by atoms with Crippen LogP contribution in [-0.4, -0.2) is 86.7 Å². The zero-order chi connectivity index (χ0) is 11.9. The standard InChI is InChI=1S/C13H28N4/c1-2-15-10-12-17(13-11-15)7-3-6-16-8-4-14-5-9-16/h14H,2-13H2,1H3. The fourth-order valence-corrected chi connectivity index (χ4v) is 2.78. The Bertz CT molecular complexity index is 196. The first-order chi connectivity index (χ1) is 8.38. The third-order valence-electron chi connectivity index (χ3n) is 4.07. The Labute approximate surface area is 106 Å². The summed E-state index contributed by atoms with van der Waals surface area (Å²) in [4.78, 5) is 7.78. The summed E-state index contributed by atoms with van der Waals surface area (Å²) < 4.78 is 0. The molecule has 0 amide bonds. The number of likely N-dealkylation sites (N-methyl/N-ethyl adjacent to an activating group) is 1. The molecule has 0 atom stereocenters. The number of nitrogens with zero attached hydrogens (tertiary/aromatic N) is 3. The van der Waals surface area contributed by atoms with E-state index in [1.54, 1.807) is 0 Å². The lowest BCUT2D eigenvalue weighted by atomic mass is 10.2. The first kappa shape index (κ1) is 13.3. The van der Waals surface area contributed by atoms with Crippen molar-refractivity contribution in [3.8, 4) is 0 Å². The van der Waals surface area contributed by atoms with Gasteiger partial charge in [0.25, 0.3) is 0 Å². The van der Waals surface area contributed by atoms with Crippen LogP contribution in [0, 0.1) is 0 Å². The van der Waals surface area contributed by atoms with Gasteiger partial charge in [-0.1, -0.05) is 6.92 Å². The molecule has 2 rings (SSSR count). The van der Waals surface area contributed by atoms with Crippen LogP contribution in [0.4, 0.5) is 0 Å². The van der Waals surface area contributed by atoms with E-state index in [-0.39, 0.29) is 0 Å². The molecule has 100 valence electrons. The fraction of sp³-hybridized carbons (Fsp3) is 1.00. The Morgan fingerprint density at radius 2 is 1.29 bits per heavy atom. The second-order valence-electron chi connectivity index (χ2n) is 5.22. The summed E-state index contributed by atoms with van der Waals surface area (Å²) in [6, 6.07) is 0. The van der Waals surface area contributed by atoms with Crippen LogP contribution >= 0.6 is 0 Å². The average Bonchev–Trinajstić information content (AvgIpc) is 2.41. The maximum Gasteiger partial charge on any atom is 0.0110 e. The van der Waals surface area contributed by atoms with E-state index < -0.39 is 0 Å². The van der Waals surface area contributed by atoms with Crippen LogP contribution in [0.2, 0.25) is 0 Å². The maximum atomic E-state index is 3.41. The van der Waals surface area contributed by atoms with Crippen LogP contribution in [0.25, 0.3) is 0 Å². The smallest absolute Gasteiger partial charge is 0.0110 e. The molecule has 2 aliphatic rings. The van der Waals surface area contributed by atoms with Crippen LogP contribution in [0.3, 0.4) is 0 Å². The van der Waals surface area contributed by atoms with Crippen LogP contribution in [-0.2, 0) is 0 Å². The number of nitrogens with one attached hydrogen (secondary N) is 1. The highest BCUT2D eigenvalue weighted by Crippen LogP contribution is 2.03. The Kier molecular flexibility index (Phi) is 5.71. The Hall–Kier alpha value is -0.160. The van der Waals surface area contributed by atoms with Gasteiger partial charge in [-0.3, -0.25) is 0 Å². The Morgan fingerprint density at radius 3 is 1.88 bits per heavy atom. The monoisotopic (exact) mass is 240 g/mol. The lowest BCUT2D eigenvalue weighted by Crippen LogP contribution is -2.47. The second-order valence-corrected chi connectivity index (χ2v) is 5.22. The molecule has 0 radical (unpaired) electrons. The molecule has 0 saturated carbocycles. The molecule has 2 fully saturated rings. The maximum absolute atomic E-state index is 3.41. The van der Waals surface area contributed by atoms with E-state index in [4.69, 9.17) is 0 Å². The van der Waals surface area contributed by atoms with E-state index in [0.29, 0.717) is 0 Å². The number of piperazine rings is 2. The highest BCUT2D eigenvalue weighted by molar-refractivity contribution is 4.72. The van der Waals surface area contributed by atoms with Crippen LogP contribution in [0.15, 0.2) is 0 Å². The van der Waals surface area contributed by atoms with Gasteiger partial charge in [0.2, 0.25) is 0 Å². The van der Waals surface area contributed by atoms with Crippen LogP contribution in [0.1, 0.15) is 13.3 Å². The topological polar surface area (TPSA) is 21.8 Å². The molecule has 0 aliphatic carbocycles. The molecule has 0 bridgehead atoms. The molecule has 0 spiro atoms. The molecule has 2 saturated heterocycles. The van der Waals surface area contributed by atoms with Gasteiger partial charge in [-0.2, -0.15) is 0 Å². The lowest BCUT2D eigenvalue weighted by Gasteiger charge is -2.34. The van der Waals surface area contributed by atoms with E-state index in [0.717, 1.165) is 0 Å². The van der Waals surface area contributed by atoms with Gasteiger partial charge in [-0.15, -0.1) is 0 Å². The number of rotatable bonds is 5. The molecular formula is C13H28N4. The molecule has 0 unspecified atom stereocenters. The number of hydrogen-bond acceptors (Lipinski definition) is 4. The molecule has 0 aromatic carbocycles. The number of hydrogen-bond donors (Lipinski definition) is 1. The summed E-state index contributed by atoms with van der Waals surface area (Å²) in [5.74, 6) is 0. The van der Waals surface area contributed by atoms with Gasteiger partial charge in [0.05, 0.1) is 0 Å². The van der Waals surface area contributed by atoms with Crippen molar-refractivity contribution in [1.29, 1.82) is 0 Å². The second kappa shape index (κ2) is 7.31. The fourth-order valence-electron chi connectivity index (χ4n) is 2.78. The minimum Gasteiger partial charge on any atom is -0.314 e. The van der Waals surface area contributed by atoms with E-state index in [1.807, 2.05) is 0 Å². The quantitative estimate of drug-likeness (QED) is 0.725. The Morgan fingerprint density at radius 1 is 0.765 bits per heavy atom. The lowest BCUT2D eigenvalue weighted by molar-refractivity contribution is 0.130. The normalized spacial score (nSPS) is 25.2. The minimum atomic E-state index is 1.18. The minimum absolute atomic E-state index is 1.18. The summed E-state index contributed by atoms with van der Waals surface area (Å²) in [5.41, 5.74) is 0. The average molecular weight is 240 g/mol.